The van der Waals surface area contributed by atoms with Gasteiger partial charge >= 0.3 is 0 Å². The maximum absolute atomic E-state index is 12.0. The van der Waals surface area contributed by atoms with Gasteiger partial charge in [0.25, 0.3) is 5.56 Å². The number of aromatic amines is 1. The highest BCUT2D eigenvalue weighted by Crippen LogP contribution is 2.26. The molecule has 0 radical (unpaired) electrons. The SMILES string of the molecule is O=C(Cn1ccccc1=O)Nc1cn[nH]c1-c1nccs1. The van der Waals surface area contributed by atoms with E-state index >= 15 is 0 Å². The van der Waals surface area contributed by atoms with Crippen molar-refractivity contribution in [3.05, 3.63) is 52.5 Å². The molecule has 0 unspecified atom stereocenters. The number of carbonyl (C=O) groups is 1. The van der Waals surface area contributed by atoms with Crippen molar-refractivity contribution >= 4 is 22.9 Å². The smallest absolute Gasteiger partial charge is 0.250 e. The molecule has 7 nitrogen and oxygen atoms in total. The number of pyridine rings is 1. The predicted molar refractivity (Wildman–Crippen MR) is 79.0 cm³/mol. The van der Waals surface area contributed by atoms with E-state index in [1.807, 2.05) is 5.38 Å². The number of aromatic nitrogens is 4. The van der Waals surface area contributed by atoms with Crippen molar-refractivity contribution in [1.82, 2.24) is 19.7 Å². The van der Waals surface area contributed by atoms with Gasteiger partial charge in [-0.3, -0.25) is 14.7 Å². The lowest BCUT2D eigenvalue weighted by molar-refractivity contribution is -0.116. The molecular formula is C13H11N5O2S. The molecule has 106 valence electrons. The molecule has 0 aliphatic rings. The second-order valence-electron chi connectivity index (χ2n) is 4.21. The van der Waals surface area contributed by atoms with Crippen LogP contribution in [0.5, 0.6) is 0 Å². The third kappa shape index (κ3) is 2.90. The number of H-pyrrole nitrogens is 1. The molecule has 0 spiro atoms. The standard InChI is InChI=1S/C13H11N5O2S/c19-10(8-18-5-2-1-3-11(18)20)16-9-7-15-17-12(9)13-14-4-6-21-13/h1-7H,8H2,(H,15,17)(H,16,19). The molecule has 1 amide bonds. The van der Waals surface area contributed by atoms with E-state index in [0.717, 1.165) is 5.01 Å². The number of nitrogens with one attached hydrogen (secondary N) is 2. The molecule has 0 aliphatic carbocycles. The van der Waals surface area contributed by atoms with Gasteiger partial charge in [0.1, 0.15) is 17.2 Å². The minimum absolute atomic E-state index is 0.0534. The fourth-order valence-corrected chi connectivity index (χ4v) is 2.47. The van der Waals surface area contributed by atoms with Crippen molar-refractivity contribution in [2.45, 2.75) is 6.54 Å². The van der Waals surface area contributed by atoms with Gasteiger partial charge in [-0.15, -0.1) is 11.3 Å². The fraction of sp³-hybridized carbons (Fsp3) is 0.0769. The Hall–Kier alpha value is -2.74. The van der Waals surface area contributed by atoms with Crippen LogP contribution in [0.1, 0.15) is 0 Å². The number of anilines is 1. The summed E-state index contributed by atoms with van der Waals surface area (Å²) in [5.41, 5.74) is 0.970. The second-order valence-corrected chi connectivity index (χ2v) is 5.11. The Balaban J connectivity index is 1.76. The number of amides is 1. The Kier molecular flexibility index (Phi) is 3.61. The van der Waals surface area contributed by atoms with Gasteiger partial charge in [0.05, 0.1) is 11.9 Å². The summed E-state index contributed by atoms with van der Waals surface area (Å²) in [6.07, 6.45) is 4.76. The van der Waals surface area contributed by atoms with E-state index in [-0.39, 0.29) is 18.0 Å². The molecule has 8 heteroatoms. The third-order valence-corrected chi connectivity index (χ3v) is 3.56. The minimum Gasteiger partial charge on any atom is -0.321 e. The Morgan fingerprint density at radius 3 is 3.10 bits per heavy atom. The molecule has 0 bridgehead atoms. The lowest BCUT2D eigenvalue weighted by atomic mass is 10.3. The van der Waals surface area contributed by atoms with Gasteiger partial charge in [0.15, 0.2) is 0 Å². The summed E-state index contributed by atoms with van der Waals surface area (Å²) < 4.78 is 1.33. The Morgan fingerprint density at radius 2 is 2.33 bits per heavy atom. The maximum Gasteiger partial charge on any atom is 0.250 e. The zero-order chi connectivity index (χ0) is 14.7. The zero-order valence-electron chi connectivity index (χ0n) is 10.8. The lowest BCUT2D eigenvalue weighted by Gasteiger charge is -2.06. The molecule has 3 rings (SSSR count). The van der Waals surface area contributed by atoms with Crippen molar-refractivity contribution in [2.24, 2.45) is 0 Å². The number of hydrogen-bond acceptors (Lipinski definition) is 5. The monoisotopic (exact) mass is 301 g/mol. The molecular weight excluding hydrogens is 290 g/mol. The van der Waals surface area contributed by atoms with E-state index in [1.54, 1.807) is 24.5 Å². The van der Waals surface area contributed by atoms with E-state index in [2.05, 4.69) is 20.5 Å². The van der Waals surface area contributed by atoms with E-state index in [0.29, 0.717) is 11.4 Å². The first-order valence-corrected chi connectivity index (χ1v) is 7.00. The third-order valence-electron chi connectivity index (χ3n) is 2.77. The Labute approximate surface area is 123 Å². The molecule has 3 aromatic rings. The molecule has 2 N–H and O–H groups in total. The summed E-state index contributed by atoms with van der Waals surface area (Å²) in [7, 11) is 0. The molecule has 21 heavy (non-hydrogen) atoms. The second kappa shape index (κ2) is 5.71. The largest absolute Gasteiger partial charge is 0.321 e. The highest BCUT2D eigenvalue weighted by atomic mass is 32.1. The van der Waals surface area contributed by atoms with Gasteiger partial charge in [0.2, 0.25) is 5.91 Å². The highest BCUT2D eigenvalue weighted by Gasteiger charge is 2.13. The average molecular weight is 301 g/mol. The van der Waals surface area contributed by atoms with Gasteiger partial charge in [-0.1, -0.05) is 6.07 Å². The van der Waals surface area contributed by atoms with Crippen molar-refractivity contribution in [3.63, 3.8) is 0 Å². The van der Waals surface area contributed by atoms with Crippen molar-refractivity contribution in [3.8, 4) is 10.7 Å². The molecule has 0 fully saturated rings. The van der Waals surface area contributed by atoms with E-state index < -0.39 is 0 Å². The van der Waals surface area contributed by atoms with Gasteiger partial charge in [-0.2, -0.15) is 5.10 Å². The van der Waals surface area contributed by atoms with Crippen LogP contribution in [0.3, 0.4) is 0 Å². The van der Waals surface area contributed by atoms with Crippen LogP contribution in [0.25, 0.3) is 10.7 Å². The summed E-state index contributed by atoms with van der Waals surface area (Å²) in [6.45, 7) is -0.0534. The van der Waals surface area contributed by atoms with Crippen LogP contribution in [0.4, 0.5) is 5.69 Å². The van der Waals surface area contributed by atoms with Crippen LogP contribution in [0.2, 0.25) is 0 Å². The van der Waals surface area contributed by atoms with Crippen LogP contribution < -0.4 is 10.9 Å². The number of nitrogens with zero attached hydrogens (tertiary/aromatic N) is 3. The summed E-state index contributed by atoms with van der Waals surface area (Å²) in [4.78, 5) is 27.8. The molecule has 0 saturated carbocycles. The minimum atomic E-state index is -0.303. The molecule has 0 atom stereocenters. The van der Waals surface area contributed by atoms with Gasteiger partial charge < -0.3 is 9.88 Å². The Bertz CT molecular complexity index is 806. The number of rotatable bonds is 4. The van der Waals surface area contributed by atoms with Gasteiger partial charge in [-0.05, 0) is 6.07 Å². The van der Waals surface area contributed by atoms with Crippen molar-refractivity contribution in [2.75, 3.05) is 5.32 Å². The van der Waals surface area contributed by atoms with Gasteiger partial charge in [-0.25, -0.2) is 4.98 Å². The molecule has 0 aromatic carbocycles. The van der Waals surface area contributed by atoms with Crippen LogP contribution >= 0.6 is 11.3 Å². The lowest BCUT2D eigenvalue weighted by Crippen LogP contribution is -2.26. The molecule has 3 heterocycles. The van der Waals surface area contributed by atoms with Crippen molar-refractivity contribution < 1.29 is 4.79 Å². The normalized spacial score (nSPS) is 10.5. The number of thiazole rings is 1. The summed E-state index contributed by atoms with van der Waals surface area (Å²) >= 11 is 1.44. The molecule has 0 aliphatic heterocycles. The fourth-order valence-electron chi connectivity index (χ4n) is 1.83. The number of carbonyl (C=O) groups excluding carboxylic acids is 1. The number of hydrogen-bond donors (Lipinski definition) is 2. The Morgan fingerprint density at radius 1 is 1.43 bits per heavy atom. The van der Waals surface area contributed by atoms with E-state index in [1.165, 1.54) is 28.2 Å². The predicted octanol–water partition coefficient (Wildman–Crippen LogP) is 1.33. The van der Waals surface area contributed by atoms with Crippen LogP contribution in [-0.2, 0) is 11.3 Å². The summed E-state index contributed by atoms with van der Waals surface area (Å²) in [6, 6.07) is 4.74. The average Bonchev–Trinajstić information content (AvgIpc) is 3.11. The first-order chi connectivity index (χ1) is 10.2. The van der Waals surface area contributed by atoms with E-state index in [9.17, 15) is 9.59 Å². The molecule has 0 saturated heterocycles. The quantitative estimate of drug-likeness (QED) is 0.760. The van der Waals surface area contributed by atoms with Crippen LogP contribution in [0.15, 0.2) is 47.0 Å². The first kappa shape index (κ1) is 13.3. The van der Waals surface area contributed by atoms with Crippen molar-refractivity contribution in [1.29, 1.82) is 0 Å². The maximum atomic E-state index is 12.0. The highest BCUT2D eigenvalue weighted by molar-refractivity contribution is 7.13. The summed E-state index contributed by atoms with van der Waals surface area (Å²) in [5.74, 6) is -0.303. The first-order valence-electron chi connectivity index (χ1n) is 6.12. The topological polar surface area (TPSA) is 92.7 Å². The zero-order valence-corrected chi connectivity index (χ0v) is 11.6. The van der Waals surface area contributed by atoms with E-state index in [4.69, 9.17) is 0 Å². The van der Waals surface area contributed by atoms with Crippen LogP contribution in [-0.4, -0.2) is 25.7 Å². The molecule has 3 aromatic heterocycles. The summed E-state index contributed by atoms with van der Waals surface area (Å²) in [5, 5.41) is 12.0. The van der Waals surface area contributed by atoms with Gasteiger partial charge in [0, 0.05) is 23.8 Å². The van der Waals surface area contributed by atoms with Crippen LogP contribution in [0, 0.1) is 0 Å².